The summed E-state index contributed by atoms with van der Waals surface area (Å²) in [5, 5.41) is 6.15. The number of hydrogen-bond acceptors (Lipinski definition) is 3. The zero-order valence-electron chi connectivity index (χ0n) is 8.75. The van der Waals surface area contributed by atoms with Crippen molar-refractivity contribution in [1.82, 2.24) is 10.6 Å². The largest absolute Gasteiger partial charge is 0.352 e. The molecular weight excluding hydrogens is 202 g/mol. The molecular formula is C9H20ClN3O. The van der Waals surface area contributed by atoms with Gasteiger partial charge in [0.25, 0.3) is 0 Å². The molecule has 2 unspecified atom stereocenters. The molecule has 1 aliphatic rings. The summed E-state index contributed by atoms with van der Waals surface area (Å²) in [5.41, 5.74) is 5.42. The van der Waals surface area contributed by atoms with Crippen LogP contribution in [0.15, 0.2) is 0 Å². The van der Waals surface area contributed by atoms with Crippen molar-refractivity contribution >= 4 is 18.3 Å². The maximum absolute atomic E-state index is 11.6. The quantitative estimate of drug-likeness (QED) is 0.622. The van der Waals surface area contributed by atoms with Gasteiger partial charge in [0, 0.05) is 18.6 Å². The second kappa shape index (κ2) is 6.22. The summed E-state index contributed by atoms with van der Waals surface area (Å²) in [6, 6.07) is 0.380. The first-order valence-corrected chi connectivity index (χ1v) is 4.89. The van der Waals surface area contributed by atoms with E-state index >= 15 is 0 Å². The van der Waals surface area contributed by atoms with E-state index in [0.29, 0.717) is 12.6 Å². The lowest BCUT2D eigenvalue weighted by Gasteiger charge is -2.18. The fourth-order valence-electron chi connectivity index (χ4n) is 1.63. The topological polar surface area (TPSA) is 67.2 Å². The van der Waals surface area contributed by atoms with Crippen LogP contribution in [0, 0.1) is 5.92 Å². The summed E-state index contributed by atoms with van der Waals surface area (Å²) in [7, 11) is 0. The van der Waals surface area contributed by atoms with Crippen LogP contribution >= 0.6 is 12.4 Å². The summed E-state index contributed by atoms with van der Waals surface area (Å²) >= 11 is 0. The molecule has 5 heteroatoms. The molecule has 1 rings (SSSR count). The Morgan fingerprint density at radius 2 is 2.36 bits per heavy atom. The predicted molar refractivity (Wildman–Crippen MR) is 59.5 cm³/mol. The Hall–Kier alpha value is -0.320. The van der Waals surface area contributed by atoms with Crippen molar-refractivity contribution in [2.75, 3.05) is 13.1 Å². The van der Waals surface area contributed by atoms with Gasteiger partial charge in [0.1, 0.15) is 0 Å². The lowest BCUT2D eigenvalue weighted by atomic mass is 10.0. The minimum Gasteiger partial charge on any atom is -0.352 e. The minimum absolute atomic E-state index is 0. The number of halogens is 1. The molecule has 0 aliphatic carbocycles. The summed E-state index contributed by atoms with van der Waals surface area (Å²) in [4.78, 5) is 11.6. The van der Waals surface area contributed by atoms with Crippen LogP contribution in [0.2, 0.25) is 0 Å². The number of hydrogen-bond donors (Lipinski definition) is 3. The first-order valence-electron chi connectivity index (χ1n) is 4.89. The molecule has 1 saturated heterocycles. The van der Waals surface area contributed by atoms with E-state index in [1.807, 2.05) is 13.8 Å². The molecule has 1 aliphatic heterocycles. The SMILES string of the molecule is CC1NCCC1C(=O)N[C@@H](C)CN.Cl. The van der Waals surface area contributed by atoms with E-state index in [0.717, 1.165) is 13.0 Å². The highest BCUT2D eigenvalue weighted by Crippen LogP contribution is 2.14. The average molecular weight is 222 g/mol. The van der Waals surface area contributed by atoms with Crippen molar-refractivity contribution < 1.29 is 4.79 Å². The lowest BCUT2D eigenvalue weighted by molar-refractivity contribution is -0.125. The highest BCUT2D eigenvalue weighted by atomic mass is 35.5. The Morgan fingerprint density at radius 3 is 2.79 bits per heavy atom. The van der Waals surface area contributed by atoms with E-state index in [4.69, 9.17) is 5.73 Å². The highest BCUT2D eigenvalue weighted by molar-refractivity contribution is 5.85. The van der Waals surface area contributed by atoms with Gasteiger partial charge < -0.3 is 16.4 Å². The van der Waals surface area contributed by atoms with Crippen molar-refractivity contribution in [2.24, 2.45) is 11.7 Å². The van der Waals surface area contributed by atoms with Crippen molar-refractivity contribution in [3.05, 3.63) is 0 Å². The number of carbonyl (C=O) groups excluding carboxylic acids is 1. The zero-order valence-corrected chi connectivity index (χ0v) is 9.56. The molecule has 0 spiro atoms. The van der Waals surface area contributed by atoms with Gasteiger partial charge in [-0.3, -0.25) is 4.79 Å². The monoisotopic (exact) mass is 221 g/mol. The number of nitrogens with two attached hydrogens (primary N) is 1. The normalized spacial score (nSPS) is 27.9. The maximum Gasteiger partial charge on any atom is 0.224 e. The molecule has 14 heavy (non-hydrogen) atoms. The van der Waals surface area contributed by atoms with Crippen LogP contribution in [0.3, 0.4) is 0 Å². The molecule has 1 heterocycles. The molecule has 0 aromatic heterocycles. The van der Waals surface area contributed by atoms with Crippen LogP contribution in [0.5, 0.6) is 0 Å². The third-order valence-electron chi connectivity index (χ3n) is 2.60. The number of rotatable bonds is 3. The molecule has 4 N–H and O–H groups in total. The second-order valence-corrected chi connectivity index (χ2v) is 3.78. The predicted octanol–water partition coefficient (Wildman–Crippen LogP) is -0.130. The van der Waals surface area contributed by atoms with Gasteiger partial charge in [-0.1, -0.05) is 0 Å². The molecule has 0 aromatic carbocycles. The average Bonchev–Trinajstić information content (AvgIpc) is 2.51. The summed E-state index contributed by atoms with van der Waals surface area (Å²) in [5.74, 6) is 0.254. The third-order valence-corrected chi connectivity index (χ3v) is 2.60. The van der Waals surface area contributed by atoms with E-state index < -0.39 is 0 Å². The van der Waals surface area contributed by atoms with E-state index in [-0.39, 0.29) is 30.3 Å². The van der Waals surface area contributed by atoms with Gasteiger partial charge in [-0.15, -0.1) is 12.4 Å². The molecule has 0 radical (unpaired) electrons. The minimum atomic E-state index is 0. The number of amides is 1. The molecule has 84 valence electrons. The molecule has 3 atom stereocenters. The lowest BCUT2D eigenvalue weighted by Crippen LogP contribution is -2.43. The standard InChI is InChI=1S/C9H19N3O.ClH/c1-6(5-10)12-9(13)8-3-4-11-7(8)2;/h6-8,11H,3-5,10H2,1-2H3,(H,12,13);1H/t6-,7?,8?;/m0./s1. The van der Waals surface area contributed by atoms with Crippen LogP contribution in [-0.4, -0.2) is 31.1 Å². The highest BCUT2D eigenvalue weighted by Gasteiger charge is 2.29. The Kier molecular flexibility index (Phi) is 6.08. The summed E-state index contributed by atoms with van der Waals surface area (Å²) < 4.78 is 0. The van der Waals surface area contributed by atoms with Gasteiger partial charge in [0.05, 0.1) is 5.92 Å². The van der Waals surface area contributed by atoms with Gasteiger partial charge in [-0.2, -0.15) is 0 Å². The molecule has 0 aromatic rings. The van der Waals surface area contributed by atoms with E-state index in [2.05, 4.69) is 10.6 Å². The van der Waals surface area contributed by atoms with Crippen molar-refractivity contribution in [1.29, 1.82) is 0 Å². The van der Waals surface area contributed by atoms with Crippen molar-refractivity contribution in [3.8, 4) is 0 Å². The number of nitrogens with one attached hydrogen (secondary N) is 2. The zero-order chi connectivity index (χ0) is 9.84. The fourth-order valence-corrected chi connectivity index (χ4v) is 1.63. The van der Waals surface area contributed by atoms with Crippen LogP contribution in [0.25, 0.3) is 0 Å². The third kappa shape index (κ3) is 3.44. The fraction of sp³-hybridized carbons (Fsp3) is 0.889. The second-order valence-electron chi connectivity index (χ2n) is 3.78. The van der Waals surface area contributed by atoms with Crippen LogP contribution in [0.1, 0.15) is 20.3 Å². The van der Waals surface area contributed by atoms with Gasteiger partial charge in [0.15, 0.2) is 0 Å². The molecule has 1 fully saturated rings. The Bertz CT molecular complexity index is 189. The van der Waals surface area contributed by atoms with Crippen LogP contribution in [0.4, 0.5) is 0 Å². The van der Waals surface area contributed by atoms with Gasteiger partial charge in [0.2, 0.25) is 5.91 Å². The maximum atomic E-state index is 11.6. The first kappa shape index (κ1) is 13.7. The Balaban J connectivity index is 0.00000169. The summed E-state index contributed by atoms with van der Waals surface area (Å²) in [6.07, 6.45) is 0.935. The van der Waals surface area contributed by atoms with Crippen molar-refractivity contribution in [3.63, 3.8) is 0 Å². The van der Waals surface area contributed by atoms with Gasteiger partial charge >= 0.3 is 0 Å². The number of carbonyl (C=O) groups is 1. The Morgan fingerprint density at radius 1 is 1.71 bits per heavy atom. The summed E-state index contributed by atoms with van der Waals surface area (Å²) in [6.45, 7) is 5.41. The molecule has 0 saturated carbocycles. The van der Waals surface area contributed by atoms with Gasteiger partial charge in [-0.05, 0) is 26.8 Å². The van der Waals surface area contributed by atoms with E-state index in [1.165, 1.54) is 0 Å². The van der Waals surface area contributed by atoms with Crippen LogP contribution < -0.4 is 16.4 Å². The van der Waals surface area contributed by atoms with Gasteiger partial charge in [-0.25, -0.2) is 0 Å². The molecule has 1 amide bonds. The Labute approximate surface area is 91.4 Å². The smallest absolute Gasteiger partial charge is 0.224 e. The molecule has 4 nitrogen and oxygen atoms in total. The molecule has 0 bridgehead atoms. The van der Waals surface area contributed by atoms with Crippen LogP contribution in [-0.2, 0) is 4.79 Å². The van der Waals surface area contributed by atoms with E-state index in [9.17, 15) is 4.79 Å². The van der Waals surface area contributed by atoms with E-state index in [1.54, 1.807) is 0 Å². The first-order chi connectivity index (χ1) is 6.15. The van der Waals surface area contributed by atoms with Crippen molar-refractivity contribution in [2.45, 2.75) is 32.4 Å².